The zero-order valence-electron chi connectivity index (χ0n) is 8.94. The van der Waals surface area contributed by atoms with Crippen LogP contribution in [0.4, 0.5) is 0 Å². The average molecular weight is 263 g/mol. The van der Waals surface area contributed by atoms with Crippen molar-refractivity contribution in [2.75, 3.05) is 13.6 Å². The maximum atomic E-state index is 11.9. The highest BCUT2D eigenvalue weighted by Crippen LogP contribution is 2.15. The minimum Gasteiger partial charge on any atom is -0.392 e. The van der Waals surface area contributed by atoms with Gasteiger partial charge in [0.15, 0.2) is 0 Å². The molecular formula is C10H12Cl2N2O2. The van der Waals surface area contributed by atoms with Crippen LogP contribution in [-0.2, 0) is 0 Å². The minimum atomic E-state index is -0.582. The third-order valence-electron chi connectivity index (χ3n) is 1.89. The fourth-order valence-corrected chi connectivity index (χ4v) is 1.75. The number of nitrogens with zero attached hydrogens (tertiary/aromatic N) is 2. The van der Waals surface area contributed by atoms with Crippen molar-refractivity contribution in [3.63, 3.8) is 0 Å². The molecule has 0 fully saturated rings. The fourth-order valence-electron chi connectivity index (χ4n) is 1.29. The number of aliphatic hydroxyl groups is 1. The SMILES string of the molecule is CC(O)CN(C)C(=O)c1cc(Cl)nc(Cl)c1. The second-order valence-electron chi connectivity index (χ2n) is 3.54. The molecule has 88 valence electrons. The summed E-state index contributed by atoms with van der Waals surface area (Å²) in [6, 6.07) is 2.88. The molecule has 1 heterocycles. The van der Waals surface area contributed by atoms with Crippen LogP contribution in [0.1, 0.15) is 17.3 Å². The summed E-state index contributed by atoms with van der Waals surface area (Å²) in [6.07, 6.45) is -0.582. The van der Waals surface area contributed by atoms with Crippen LogP contribution in [0.15, 0.2) is 12.1 Å². The number of aliphatic hydroxyl groups excluding tert-OH is 1. The van der Waals surface area contributed by atoms with Crippen LogP contribution in [0, 0.1) is 0 Å². The molecule has 0 aliphatic rings. The summed E-state index contributed by atoms with van der Waals surface area (Å²) in [4.78, 5) is 17.0. The normalized spacial score (nSPS) is 12.3. The summed E-state index contributed by atoms with van der Waals surface area (Å²) < 4.78 is 0. The Balaban J connectivity index is 2.87. The van der Waals surface area contributed by atoms with Gasteiger partial charge in [-0.15, -0.1) is 0 Å². The third-order valence-corrected chi connectivity index (χ3v) is 2.28. The van der Waals surface area contributed by atoms with Gasteiger partial charge in [0.05, 0.1) is 6.10 Å². The number of amides is 1. The number of aromatic nitrogens is 1. The highest BCUT2D eigenvalue weighted by molar-refractivity contribution is 6.33. The second kappa shape index (κ2) is 5.48. The molecule has 1 rings (SSSR count). The minimum absolute atomic E-state index is 0.168. The molecule has 1 N–H and O–H groups in total. The standard InChI is InChI=1S/C10H12Cl2N2O2/c1-6(15)5-14(2)10(16)7-3-8(11)13-9(12)4-7/h3-4,6,15H,5H2,1-2H3. The molecule has 0 aliphatic carbocycles. The Morgan fingerprint density at radius 3 is 2.44 bits per heavy atom. The van der Waals surface area contributed by atoms with E-state index in [2.05, 4.69) is 4.98 Å². The van der Waals surface area contributed by atoms with Crippen molar-refractivity contribution in [2.45, 2.75) is 13.0 Å². The molecule has 4 nitrogen and oxygen atoms in total. The van der Waals surface area contributed by atoms with E-state index < -0.39 is 6.10 Å². The van der Waals surface area contributed by atoms with Gasteiger partial charge >= 0.3 is 0 Å². The van der Waals surface area contributed by atoms with Gasteiger partial charge < -0.3 is 10.0 Å². The van der Waals surface area contributed by atoms with E-state index in [-0.39, 0.29) is 22.8 Å². The zero-order chi connectivity index (χ0) is 12.3. The van der Waals surface area contributed by atoms with E-state index in [1.54, 1.807) is 14.0 Å². The van der Waals surface area contributed by atoms with Crippen molar-refractivity contribution in [2.24, 2.45) is 0 Å². The summed E-state index contributed by atoms with van der Waals surface area (Å²) in [5, 5.41) is 9.51. The first kappa shape index (κ1) is 13.2. The lowest BCUT2D eigenvalue weighted by molar-refractivity contribution is 0.0703. The second-order valence-corrected chi connectivity index (χ2v) is 4.31. The predicted molar refractivity (Wildman–Crippen MR) is 62.9 cm³/mol. The molecule has 1 aromatic rings. The molecule has 0 bridgehead atoms. The van der Waals surface area contributed by atoms with Crippen molar-refractivity contribution in [3.8, 4) is 0 Å². The highest BCUT2D eigenvalue weighted by atomic mass is 35.5. The van der Waals surface area contributed by atoms with Crippen LogP contribution in [0.25, 0.3) is 0 Å². The molecule has 1 atom stereocenters. The smallest absolute Gasteiger partial charge is 0.253 e. The van der Waals surface area contributed by atoms with E-state index in [1.807, 2.05) is 0 Å². The summed E-state index contributed by atoms with van der Waals surface area (Å²) >= 11 is 11.4. The highest BCUT2D eigenvalue weighted by Gasteiger charge is 2.14. The summed E-state index contributed by atoms with van der Waals surface area (Å²) in [7, 11) is 1.59. The van der Waals surface area contributed by atoms with Crippen LogP contribution in [0.2, 0.25) is 10.3 Å². The first-order valence-electron chi connectivity index (χ1n) is 4.66. The van der Waals surface area contributed by atoms with Crippen molar-refractivity contribution < 1.29 is 9.90 Å². The lowest BCUT2D eigenvalue weighted by Crippen LogP contribution is -2.33. The van der Waals surface area contributed by atoms with E-state index >= 15 is 0 Å². The van der Waals surface area contributed by atoms with Crippen molar-refractivity contribution in [3.05, 3.63) is 28.0 Å². The molecule has 0 aromatic carbocycles. The van der Waals surface area contributed by atoms with Crippen LogP contribution >= 0.6 is 23.2 Å². The molecule has 1 aromatic heterocycles. The number of hydrogen-bond donors (Lipinski definition) is 1. The predicted octanol–water partition coefficient (Wildman–Crippen LogP) is 1.84. The van der Waals surface area contributed by atoms with Crippen molar-refractivity contribution in [1.82, 2.24) is 9.88 Å². The third kappa shape index (κ3) is 3.63. The number of rotatable bonds is 3. The Labute approximate surface area is 104 Å². The Morgan fingerprint density at radius 2 is 2.00 bits per heavy atom. The number of pyridine rings is 1. The van der Waals surface area contributed by atoms with Crippen LogP contribution < -0.4 is 0 Å². The number of hydrogen-bond acceptors (Lipinski definition) is 3. The molecule has 0 aliphatic heterocycles. The van der Waals surface area contributed by atoms with Gasteiger partial charge in [-0.1, -0.05) is 23.2 Å². The van der Waals surface area contributed by atoms with E-state index in [4.69, 9.17) is 28.3 Å². The molecule has 6 heteroatoms. The Morgan fingerprint density at radius 1 is 1.50 bits per heavy atom. The Bertz CT molecular complexity index is 376. The van der Waals surface area contributed by atoms with Crippen LogP contribution in [0.5, 0.6) is 0 Å². The average Bonchev–Trinajstić information content (AvgIpc) is 2.13. The van der Waals surface area contributed by atoms with Crippen molar-refractivity contribution >= 4 is 29.1 Å². The number of likely N-dealkylation sites (N-methyl/N-ethyl adjacent to an activating group) is 1. The van der Waals surface area contributed by atoms with E-state index in [0.29, 0.717) is 5.56 Å². The monoisotopic (exact) mass is 262 g/mol. The maximum Gasteiger partial charge on any atom is 0.253 e. The number of carbonyl (C=O) groups is 1. The van der Waals surface area contributed by atoms with Crippen molar-refractivity contribution in [1.29, 1.82) is 0 Å². The molecular weight excluding hydrogens is 251 g/mol. The quantitative estimate of drug-likeness (QED) is 0.846. The van der Waals surface area contributed by atoms with E-state index in [0.717, 1.165) is 0 Å². The molecule has 0 saturated heterocycles. The Hall–Kier alpha value is -0.840. The molecule has 0 radical (unpaired) electrons. The first-order chi connectivity index (χ1) is 7.40. The largest absolute Gasteiger partial charge is 0.392 e. The molecule has 0 saturated carbocycles. The molecule has 1 amide bonds. The van der Waals surface area contributed by atoms with Gasteiger partial charge in [0.25, 0.3) is 5.91 Å². The Kier molecular flexibility index (Phi) is 4.53. The van der Waals surface area contributed by atoms with Gasteiger partial charge in [-0.3, -0.25) is 4.79 Å². The topological polar surface area (TPSA) is 53.4 Å². The summed E-state index contributed by atoms with van der Waals surface area (Å²) in [6.45, 7) is 1.85. The van der Waals surface area contributed by atoms with Gasteiger partial charge in [-0.05, 0) is 19.1 Å². The maximum absolute atomic E-state index is 11.9. The van der Waals surface area contributed by atoms with E-state index in [1.165, 1.54) is 17.0 Å². The lowest BCUT2D eigenvalue weighted by Gasteiger charge is -2.18. The summed E-state index contributed by atoms with van der Waals surface area (Å²) in [5.74, 6) is -0.257. The first-order valence-corrected chi connectivity index (χ1v) is 5.42. The van der Waals surface area contributed by atoms with Gasteiger partial charge in [0.1, 0.15) is 10.3 Å². The lowest BCUT2D eigenvalue weighted by atomic mass is 10.2. The van der Waals surface area contributed by atoms with Gasteiger partial charge in [0.2, 0.25) is 0 Å². The molecule has 0 spiro atoms. The fraction of sp³-hybridized carbons (Fsp3) is 0.400. The number of carbonyl (C=O) groups excluding carboxylic acids is 1. The van der Waals surface area contributed by atoms with E-state index in [9.17, 15) is 4.79 Å². The molecule has 16 heavy (non-hydrogen) atoms. The zero-order valence-corrected chi connectivity index (χ0v) is 10.5. The van der Waals surface area contributed by atoms with Crippen LogP contribution in [-0.4, -0.2) is 40.6 Å². The number of halogens is 2. The van der Waals surface area contributed by atoms with Gasteiger partial charge in [-0.25, -0.2) is 4.98 Å². The summed E-state index contributed by atoms with van der Waals surface area (Å²) in [5.41, 5.74) is 0.355. The molecule has 1 unspecified atom stereocenters. The van der Waals surface area contributed by atoms with Gasteiger partial charge in [0, 0.05) is 19.2 Å². The van der Waals surface area contributed by atoms with Gasteiger partial charge in [-0.2, -0.15) is 0 Å². The van der Waals surface area contributed by atoms with Crippen LogP contribution in [0.3, 0.4) is 0 Å².